The molecule has 0 aliphatic carbocycles. The van der Waals surface area contributed by atoms with E-state index in [4.69, 9.17) is 5.26 Å². The molecule has 2 aromatic rings. The number of nitrogens with zero attached hydrogens (tertiary/aromatic N) is 3. The van der Waals surface area contributed by atoms with Gasteiger partial charge in [-0.1, -0.05) is 0 Å². The first-order valence-corrected chi connectivity index (χ1v) is 7.32. The highest BCUT2D eigenvalue weighted by Crippen LogP contribution is 2.41. The summed E-state index contributed by atoms with van der Waals surface area (Å²) in [5.74, 6) is 0. The first-order chi connectivity index (χ1) is 10.6. The molecule has 0 saturated heterocycles. The first kappa shape index (κ1) is 15.6. The highest BCUT2D eigenvalue weighted by molar-refractivity contribution is 5.88. The van der Waals surface area contributed by atoms with Crippen molar-refractivity contribution in [3.8, 4) is 6.07 Å². The molecular weight excluding hydrogens is 303 g/mol. The molecule has 3 nitrogen and oxygen atoms in total. The first-order valence-electron chi connectivity index (χ1n) is 7.32. The van der Waals surface area contributed by atoms with Gasteiger partial charge in [-0.3, -0.25) is 0 Å². The number of aromatic nitrogens is 1. The van der Waals surface area contributed by atoms with Crippen LogP contribution in [-0.2, 0) is 12.6 Å². The minimum absolute atomic E-state index is 0.0587. The molecular formula is C17H16F3N3. The van der Waals surface area contributed by atoms with Crippen LogP contribution >= 0.6 is 0 Å². The second-order valence-corrected chi connectivity index (χ2v) is 6.53. The maximum Gasteiger partial charge on any atom is 0.417 e. The molecule has 23 heavy (non-hydrogen) atoms. The summed E-state index contributed by atoms with van der Waals surface area (Å²) in [5.41, 5.74) is 0.887. The van der Waals surface area contributed by atoms with E-state index in [1.807, 2.05) is 7.05 Å². The Labute approximate surface area is 132 Å². The molecule has 0 bridgehead atoms. The minimum Gasteiger partial charge on any atom is -0.369 e. The van der Waals surface area contributed by atoms with E-state index in [-0.39, 0.29) is 22.1 Å². The smallest absolute Gasteiger partial charge is 0.369 e. The van der Waals surface area contributed by atoms with Crippen LogP contribution in [0.3, 0.4) is 0 Å². The van der Waals surface area contributed by atoms with Crippen LogP contribution in [0.5, 0.6) is 0 Å². The maximum absolute atomic E-state index is 13.3. The summed E-state index contributed by atoms with van der Waals surface area (Å²) < 4.78 is 40.0. The van der Waals surface area contributed by atoms with Crippen LogP contribution in [0, 0.1) is 11.3 Å². The number of fused-ring (bicyclic) bond motifs is 2. The Balaban J connectivity index is 2.32. The summed E-state index contributed by atoms with van der Waals surface area (Å²) in [6.45, 7) is 4.20. The zero-order valence-corrected chi connectivity index (χ0v) is 13.1. The van der Waals surface area contributed by atoms with Crippen molar-refractivity contribution in [1.29, 1.82) is 5.26 Å². The number of alkyl halides is 3. The van der Waals surface area contributed by atoms with Gasteiger partial charge in [0.25, 0.3) is 0 Å². The van der Waals surface area contributed by atoms with Gasteiger partial charge in [-0.2, -0.15) is 18.4 Å². The monoisotopic (exact) mass is 319 g/mol. The van der Waals surface area contributed by atoms with Crippen LogP contribution < -0.4 is 4.90 Å². The molecule has 0 spiro atoms. The second kappa shape index (κ2) is 4.85. The van der Waals surface area contributed by atoms with Crippen LogP contribution in [-0.4, -0.2) is 17.6 Å². The van der Waals surface area contributed by atoms with Gasteiger partial charge >= 0.3 is 6.18 Å². The van der Waals surface area contributed by atoms with Crippen LogP contribution in [0.15, 0.2) is 18.2 Å². The molecule has 2 heterocycles. The Morgan fingerprint density at radius 1 is 1.26 bits per heavy atom. The van der Waals surface area contributed by atoms with Crippen molar-refractivity contribution in [2.45, 2.75) is 38.4 Å². The topological polar surface area (TPSA) is 39.9 Å². The molecule has 0 fully saturated rings. The van der Waals surface area contributed by atoms with E-state index in [1.54, 1.807) is 18.2 Å². The van der Waals surface area contributed by atoms with Gasteiger partial charge in [0.15, 0.2) is 0 Å². The Morgan fingerprint density at radius 3 is 2.57 bits per heavy atom. The summed E-state index contributed by atoms with van der Waals surface area (Å²) >= 11 is 0. The maximum atomic E-state index is 13.3. The Hall–Kier alpha value is -2.29. The average Bonchev–Trinajstić information content (AvgIpc) is 2.48. The number of anilines is 1. The third-order valence-corrected chi connectivity index (χ3v) is 4.70. The van der Waals surface area contributed by atoms with Gasteiger partial charge < -0.3 is 4.90 Å². The third-order valence-electron chi connectivity index (χ3n) is 4.70. The van der Waals surface area contributed by atoms with Gasteiger partial charge in [0.1, 0.15) is 11.8 Å². The highest BCUT2D eigenvalue weighted by Gasteiger charge is 2.35. The highest BCUT2D eigenvalue weighted by atomic mass is 19.4. The van der Waals surface area contributed by atoms with Crippen molar-refractivity contribution >= 4 is 16.6 Å². The fourth-order valence-corrected chi connectivity index (χ4v) is 3.05. The molecule has 0 saturated carbocycles. The van der Waals surface area contributed by atoms with Crippen molar-refractivity contribution in [2.24, 2.45) is 0 Å². The average molecular weight is 319 g/mol. The Kier molecular flexibility index (Phi) is 3.29. The molecule has 120 valence electrons. The molecule has 1 aliphatic heterocycles. The molecule has 6 heteroatoms. The van der Waals surface area contributed by atoms with Gasteiger partial charge in [-0.15, -0.1) is 0 Å². The van der Waals surface area contributed by atoms with Crippen molar-refractivity contribution in [3.63, 3.8) is 0 Å². The van der Waals surface area contributed by atoms with Crippen LogP contribution in [0.1, 0.15) is 37.1 Å². The summed E-state index contributed by atoms with van der Waals surface area (Å²) in [7, 11) is 1.93. The predicted molar refractivity (Wildman–Crippen MR) is 82.3 cm³/mol. The number of pyridine rings is 1. The van der Waals surface area contributed by atoms with E-state index in [9.17, 15) is 13.2 Å². The predicted octanol–water partition coefficient (Wildman–Crippen LogP) is 4.29. The number of benzene rings is 1. The van der Waals surface area contributed by atoms with Crippen molar-refractivity contribution < 1.29 is 13.2 Å². The lowest BCUT2D eigenvalue weighted by Gasteiger charge is -2.42. The van der Waals surface area contributed by atoms with E-state index in [2.05, 4.69) is 23.7 Å². The lowest BCUT2D eigenvalue weighted by Crippen LogP contribution is -2.44. The summed E-state index contributed by atoms with van der Waals surface area (Å²) in [4.78, 5) is 6.14. The summed E-state index contributed by atoms with van der Waals surface area (Å²) in [5, 5.41) is 9.03. The quantitative estimate of drug-likeness (QED) is 0.727. The number of nitriles is 1. The molecule has 0 amide bonds. The molecule has 1 aromatic carbocycles. The van der Waals surface area contributed by atoms with Gasteiger partial charge in [-0.05, 0) is 50.5 Å². The molecule has 0 atom stereocenters. The molecule has 1 aliphatic rings. The molecule has 0 N–H and O–H groups in total. The van der Waals surface area contributed by atoms with Crippen molar-refractivity contribution in [3.05, 3.63) is 35.0 Å². The van der Waals surface area contributed by atoms with E-state index in [1.165, 1.54) is 0 Å². The number of rotatable bonds is 0. The molecule has 1 aromatic heterocycles. The summed E-state index contributed by atoms with van der Waals surface area (Å²) in [6, 6.07) is 5.78. The van der Waals surface area contributed by atoms with Crippen LogP contribution in [0.25, 0.3) is 10.9 Å². The van der Waals surface area contributed by atoms with E-state index < -0.39 is 11.7 Å². The minimum atomic E-state index is -4.51. The largest absolute Gasteiger partial charge is 0.417 e. The van der Waals surface area contributed by atoms with Crippen LogP contribution in [0.4, 0.5) is 18.9 Å². The zero-order valence-electron chi connectivity index (χ0n) is 13.1. The fraction of sp³-hybridized carbons (Fsp3) is 0.412. The molecule has 0 radical (unpaired) electrons. The van der Waals surface area contributed by atoms with Gasteiger partial charge in [-0.25, -0.2) is 4.98 Å². The van der Waals surface area contributed by atoms with Crippen LogP contribution in [0.2, 0.25) is 0 Å². The third kappa shape index (κ3) is 2.50. The molecule has 3 rings (SSSR count). The zero-order chi connectivity index (χ0) is 17.0. The van der Waals surface area contributed by atoms with E-state index >= 15 is 0 Å². The van der Waals surface area contributed by atoms with E-state index in [0.717, 1.165) is 30.2 Å². The Bertz CT molecular complexity index is 832. The number of halogens is 3. The van der Waals surface area contributed by atoms with Crippen molar-refractivity contribution in [1.82, 2.24) is 4.98 Å². The molecule has 0 unspecified atom stereocenters. The number of hydrogen-bond acceptors (Lipinski definition) is 3. The van der Waals surface area contributed by atoms with Gasteiger partial charge in [0, 0.05) is 23.7 Å². The lowest BCUT2D eigenvalue weighted by molar-refractivity contribution is -0.136. The normalized spacial score (nSPS) is 17.0. The SMILES string of the molecule is CN1c2cc3nc(C#N)cc(C(F)(F)F)c3cc2CCC1(C)C. The Morgan fingerprint density at radius 2 is 1.96 bits per heavy atom. The lowest BCUT2D eigenvalue weighted by atomic mass is 9.86. The number of aryl methyl sites for hydroxylation is 1. The fourth-order valence-electron chi connectivity index (χ4n) is 3.05. The summed E-state index contributed by atoms with van der Waals surface area (Å²) in [6.07, 6.45) is -2.92. The van der Waals surface area contributed by atoms with E-state index in [0.29, 0.717) is 0 Å². The second-order valence-electron chi connectivity index (χ2n) is 6.53. The van der Waals surface area contributed by atoms with Gasteiger partial charge in [0.05, 0.1) is 11.1 Å². The number of hydrogen-bond donors (Lipinski definition) is 0. The van der Waals surface area contributed by atoms with Gasteiger partial charge in [0.2, 0.25) is 0 Å². The standard InChI is InChI=1S/C17H16F3N3/c1-16(2)5-4-10-6-12-13(17(18,19)20)7-11(9-21)22-14(12)8-15(10)23(16)3/h6-8H,4-5H2,1-3H3. The van der Waals surface area contributed by atoms with Crippen molar-refractivity contribution in [2.75, 3.05) is 11.9 Å².